The van der Waals surface area contributed by atoms with Crippen molar-refractivity contribution in [1.82, 2.24) is 20.1 Å². The van der Waals surface area contributed by atoms with Gasteiger partial charge in [-0.3, -0.25) is 0 Å². The van der Waals surface area contributed by atoms with Gasteiger partial charge in [0, 0.05) is 0 Å². The van der Waals surface area contributed by atoms with Crippen LogP contribution in [0.2, 0.25) is 0 Å². The molecule has 0 aliphatic rings. The first kappa shape index (κ1) is 11.0. The third-order valence-corrected chi connectivity index (χ3v) is 1.72. The van der Waals surface area contributed by atoms with Gasteiger partial charge >= 0.3 is 0 Å². The lowest BCUT2D eigenvalue weighted by atomic mass is 10.4. The largest absolute Gasteiger partial charge is 0.310 e. The number of nitrogens with one attached hydrogen (secondary N) is 1. The van der Waals surface area contributed by atoms with Gasteiger partial charge in [-0.25, -0.2) is 18.4 Å². The van der Waals surface area contributed by atoms with Gasteiger partial charge in [0.2, 0.25) is 0 Å². The molecular weight excluding hydrogens is 190 g/mol. The molecule has 4 nitrogen and oxygen atoms in total. The predicted molar refractivity (Wildman–Crippen MR) is 48.0 cm³/mol. The van der Waals surface area contributed by atoms with Crippen LogP contribution < -0.4 is 5.32 Å². The second kappa shape index (κ2) is 5.64. The van der Waals surface area contributed by atoms with Gasteiger partial charge in [0.05, 0.1) is 6.54 Å². The van der Waals surface area contributed by atoms with Crippen LogP contribution in [-0.2, 0) is 13.1 Å². The van der Waals surface area contributed by atoms with Crippen LogP contribution in [-0.4, -0.2) is 27.7 Å². The van der Waals surface area contributed by atoms with E-state index >= 15 is 0 Å². The summed E-state index contributed by atoms with van der Waals surface area (Å²) < 4.78 is 25.3. The number of hydrogen-bond donors (Lipinski definition) is 1. The van der Waals surface area contributed by atoms with Gasteiger partial charge in [-0.2, -0.15) is 5.10 Å². The molecule has 0 saturated carbocycles. The van der Waals surface area contributed by atoms with Crippen molar-refractivity contribution < 1.29 is 8.78 Å². The Kier molecular flexibility index (Phi) is 4.45. The molecule has 0 unspecified atom stereocenters. The molecule has 6 heteroatoms. The topological polar surface area (TPSA) is 42.7 Å². The second-order valence-electron chi connectivity index (χ2n) is 2.93. The smallest absolute Gasteiger partial charge is 0.257 e. The molecule has 0 saturated heterocycles. The van der Waals surface area contributed by atoms with Crippen LogP contribution in [0.5, 0.6) is 0 Å². The van der Waals surface area contributed by atoms with Gasteiger partial charge < -0.3 is 5.32 Å². The number of hydrogen-bond acceptors (Lipinski definition) is 3. The van der Waals surface area contributed by atoms with Crippen molar-refractivity contribution in [3.8, 4) is 0 Å². The molecule has 0 atom stereocenters. The molecule has 1 aromatic heterocycles. The van der Waals surface area contributed by atoms with E-state index in [1.165, 1.54) is 11.0 Å². The van der Waals surface area contributed by atoms with Crippen molar-refractivity contribution in [3.05, 3.63) is 12.2 Å². The molecule has 0 bridgehead atoms. The van der Waals surface area contributed by atoms with Crippen molar-refractivity contribution in [2.75, 3.05) is 6.54 Å². The number of aromatic nitrogens is 3. The van der Waals surface area contributed by atoms with Crippen LogP contribution in [0.25, 0.3) is 0 Å². The number of rotatable bonds is 6. The van der Waals surface area contributed by atoms with Gasteiger partial charge in [-0.15, -0.1) is 0 Å². The van der Waals surface area contributed by atoms with Crippen LogP contribution in [0.1, 0.15) is 19.2 Å². The summed E-state index contributed by atoms with van der Waals surface area (Å²) in [5.74, 6) is 0.554. The Morgan fingerprint density at radius 3 is 3.00 bits per heavy atom. The molecule has 1 N–H and O–H groups in total. The quantitative estimate of drug-likeness (QED) is 0.704. The Labute approximate surface area is 81.3 Å². The lowest BCUT2D eigenvalue weighted by molar-refractivity contribution is 0.120. The normalized spacial score (nSPS) is 11.1. The zero-order valence-corrected chi connectivity index (χ0v) is 8.08. The molecule has 1 aromatic rings. The van der Waals surface area contributed by atoms with Crippen LogP contribution >= 0.6 is 0 Å². The highest BCUT2D eigenvalue weighted by Gasteiger charge is 2.09. The molecule has 1 heterocycles. The van der Waals surface area contributed by atoms with Crippen molar-refractivity contribution in [2.24, 2.45) is 0 Å². The highest BCUT2D eigenvalue weighted by Crippen LogP contribution is 2.00. The zero-order valence-electron chi connectivity index (χ0n) is 8.08. The molecule has 0 fully saturated rings. The van der Waals surface area contributed by atoms with E-state index in [0.29, 0.717) is 12.4 Å². The average Bonchev–Trinajstić information content (AvgIpc) is 2.52. The molecule has 0 radical (unpaired) electrons. The van der Waals surface area contributed by atoms with Crippen LogP contribution in [0, 0.1) is 0 Å². The lowest BCUT2D eigenvalue weighted by Crippen LogP contribution is -2.20. The summed E-state index contributed by atoms with van der Waals surface area (Å²) in [6, 6.07) is 0. The fourth-order valence-corrected chi connectivity index (χ4v) is 1.09. The maximum absolute atomic E-state index is 12.1. The SMILES string of the molecule is CCCNCc1ncnn1CC(F)F. The van der Waals surface area contributed by atoms with Crippen LogP contribution in [0.3, 0.4) is 0 Å². The van der Waals surface area contributed by atoms with E-state index in [-0.39, 0.29) is 6.54 Å². The molecule has 0 aliphatic heterocycles. The monoisotopic (exact) mass is 204 g/mol. The van der Waals surface area contributed by atoms with Crippen molar-refractivity contribution >= 4 is 0 Å². The highest BCUT2D eigenvalue weighted by atomic mass is 19.3. The molecule has 0 aliphatic carbocycles. The van der Waals surface area contributed by atoms with E-state index in [4.69, 9.17) is 0 Å². The summed E-state index contributed by atoms with van der Waals surface area (Å²) in [5, 5.41) is 6.80. The third-order valence-electron chi connectivity index (χ3n) is 1.72. The van der Waals surface area contributed by atoms with E-state index in [9.17, 15) is 8.78 Å². The second-order valence-corrected chi connectivity index (χ2v) is 2.93. The van der Waals surface area contributed by atoms with E-state index in [1.807, 2.05) is 6.92 Å². The molecule has 80 valence electrons. The number of alkyl halides is 2. The van der Waals surface area contributed by atoms with E-state index in [2.05, 4.69) is 15.4 Å². The average molecular weight is 204 g/mol. The van der Waals surface area contributed by atoms with Gasteiger partial charge in [0.25, 0.3) is 6.43 Å². The maximum Gasteiger partial charge on any atom is 0.257 e. The molecule has 0 spiro atoms. The van der Waals surface area contributed by atoms with E-state index in [0.717, 1.165) is 13.0 Å². The fourth-order valence-electron chi connectivity index (χ4n) is 1.09. The summed E-state index contributed by atoms with van der Waals surface area (Å²) in [5.41, 5.74) is 0. The van der Waals surface area contributed by atoms with Gasteiger partial charge in [-0.05, 0) is 13.0 Å². The minimum absolute atomic E-state index is 0.386. The molecule has 0 aromatic carbocycles. The Bertz CT molecular complexity index is 262. The summed E-state index contributed by atoms with van der Waals surface area (Å²) in [6.07, 6.45) is -0.0875. The summed E-state index contributed by atoms with van der Waals surface area (Å²) in [6.45, 7) is 2.99. The van der Waals surface area contributed by atoms with Crippen molar-refractivity contribution in [3.63, 3.8) is 0 Å². The zero-order chi connectivity index (χ0) is 10.4. The minimum Gasteiger partial charge on any atom is -0.310 e. The van der Waals surface area contributed by atoms with E-state index in [1.54, 1.807) is 0 Å². The van der Waals surface area contributed by atoms with Crippen LogP contribution in [0.4, 0.5) is 8.78 Å². The van der Waals surface area contributed by atoms with E-state index < -0.39 is 6.43 Å². The maximum atomic E-state index is 12.1. The first-order valence-electron chi connectivity index (χ1n) is 4.59. The first-order valence-corrected chi connectivity index (χ1v) is 4.59. The minimum atomic E-state index is -2.39. The van der Waals surface area contributed by atoms with Crippen molar-refractivity contribution in [2.45, 2.75) is 32.9 Å². The Balaban J connectivity index is 2.45. The third kappa shape index (κ3) is 3.37. The highest BCUT2D eigenvalue weighted by molar-refractivity contribution is 4.83. The fraction of sp³-hybridized carbons (Fsp3) is 0.750. The van der Waals surface area contributed by atoms with Gasteiger partial charge in [-0.1, -0.05) is 6.92 Å². The van der Waals surface area contributed by atoms with Gasteiger partial charge in [0.1, 0.15) is 18.7 Å². The summed E-state index contributed by atoms with van der Waals surface area (Å²) in [4.78, 5) is 3.90. The Hall–Kier alpha value is -1.04. The molecule has 1 rings (SSSR count). The first-order chi connectivity index (χ1) is 6.74. The van der Waals surface area contributed by atoms with Crippen LogP contribution in [0.15, 0.2) is 6.33 Å². The number of nitrogens with zero attached hydrogens (tertiary/aromatic N) is 3. The summed E-state index contributed by atoms with van der Waals surface area (Å²) in [7, 11) is 0. The Morgan fingerprint density at radius 2 is 2.36 bits per heavy atom. The van der Waals surface area contributed by atoms with Gasteiger partial charge in [0.15, 0.2) is 0 Å². The van der Waals surface area contributed by atoms with Crippen molar-refractivity contribution in [1.29, 1.82) is 0 Å². The predicted octanol–water partition coefficient (Wildman–Crippen LogP) is 1.04. The number of halogens is 2. The summed E-state index contributed by atoms with van der Waals surface area (Å²) >= 11 is 0. The standard InChI is InChI=1S/C8H14F2N4/c1-2-3-11-4-8-12-6-13-14(8)5-7(9)10/h6-7,11H,2-5H2,1H3. The lowest BCUT2D eigenvalue weighted by Gasteiger charge is -2.05. The molecule has 0 amide bonds. The Morgan fingerprint density at radius 1 is 1.57 bits per heavy atom. The molecule has 14 heavy (non-hydrogen) atoms. The molecular formula is C8H14F2N4.